The molecule has 2 heterocycles. The molecule has 4 heteroatoms. The molecular weight excluding hydrogens is 1380 g/mol. The van der Waals surface area contributed by atoms with Gasteiger partial charge in [-0.3, -0.25) is 0 Å². The van der Waals surface area contributed by atoms with Gasteiger partial charge in [-0.1, -0.05) is 356 Å². The fourth-order valence-electron chi connectivity index (χ4n) is 15.6. The molecule has 0 aliphatic heterocycles. The van der Waals surface area contributed by atoms with Gasteiger partial charge in [0.05, 0.1) is 22.1 Å². The van der Waals surface area contributed by atoms with Crippen LogP contribution >= 0.6 is 15.9 Å². The Morgan fingerprint density at radius 1 is 0.193 bits per heavy atom. The van der Waals surface area contributed by atoms with Crippen LogP contribution in [-0.2, 0) is 6.42 Å². The molecule has 0 unspecified atom stereocenters. The predicted molar refractivity (Wildman–Crippen MR) is 467 cm³/mol. The molecule has 0 fully saturated rings. The van der Waals surface area contributed by atoms with E-state index in [1.807, 2.05) is 0 Å². The largest absolute Gasteiger partial charge is 0.311 e. The van der Waals surface area contributed by atoms with Gasteiger partial charge >= 0.3 is 0 Å². The minimum absolute atomic E-state index is 0.949. The summed E-state index contributed by atoms with van der Waals surface area (Å²) in [7, 11) is 0. The van der Waals surface area contributed by atoms with Crippen molar-refractivity contribution in [1.82, 2.24) is 9.13 Å². The Labute approximate surface area is 644 Å². The second-order valence-corrected chi connectivity index (χ2v) is 28.6. The number of aromatic nitrogens is 2. The number of rotatable bonds is 13. The second-order valence-electron chi connectivity index (χ2n) is 27.7. The molecule has 0 bridgehead atoms. The minimum Gasteiger partial charge on any atom is -0.311 e. The molecule has 3 nitrogen and oxygen atoms in total. The average molecular weight is 1460 g/mol. The number of benzene rings is 18. The number of hydrogen-bond donors (Lipinski definition) is 0. The molecule has 2 aromatic heterocycles. The predicted octanol–water partition coefficient (Wildman–Crippen LogP) is 29.4. The molecule has 516 valence electrons. The van der Waals surface area contributed by atoms with Gasteiger partial charge in [0.1, 0.15) is 0 Å². The summed E-state index contributed by atoms with van der Waals surface area (Å²) in [5, 5.41) is 10.2. The van der Waals surface area contributed by atoms with E-state index in [-0.39, 0.29) is 0 Å². The lowest BCUT2D eigenvalue weighted by Gasteiger charge is -2.26. The molecule has 0 N–H and O–H groups in total. The number of nitrogens with zero attached hydrogens (tertiary/aromatic N) is 3. The van der Waals surface area contributed by atoms with Crippen LogP contribution in [0.4, 0.5) is 17.1 Å². The van der Waals surface area contributed by atoms with E-state index in [1.54, 1.807) is 0 Å². The van der Waals surface area contributed by atoms with E-state index in [0.29, 0.717) is 0 Å². The topological polar surface area (TPSA) is 13.1 Å². The zero-order valence-corrected chi connectivity index (χ0v) is 61.6. The first-order valence-electron chi connectivity index (χ1n) is 37.3. The number of hydrogen-bond acceptors (Lipinski definition) is 1. The van der Waals surface area contributed by atoms with Crippen molar-refractivity contribution in [3.05, 3.63) is 452 Å². The molecule has 0 radical (unpaired) electrons. The average Bonchev–Trinajstić information content (AvgIpc) is 1.60. The molecule has 0 amide bonds. The van der Waals surface area contributed by atoms with Crippen molar-refractivity contribution in [3.63, 3.8) is 0 Å². The van der Waals surface area contributed by atoms with Crippen LogP contribution < -0.4 is 4.90 Å². The molecule has 0 spiro atoms. The van der Waals surface area contributed by atoms with Crippen LogP contribution in [0.5, 0.6) is 0 Å². The van der Waals surface area contributed by atoms with Crippen LogP contribution in [-0.4, -0.2) is 9.13 Å². The van der Waals surface area contributed by atoms with E-state index in [9.17, 15) is 0 Å². The van der Waals surface area contributed by atoms with Crippen molar-refractivity contribution in [1.29, 1.82) is 0 Å². The molecule has 0 saturated heterocycles. The van der Waals surface area contributed by atoms with Crippen LogP contribution in [0.2, 0.25) is 0 Å². The Morgan fingerprint density at radius 2 is 0.440 bits per heavy atom. The van der Waals surface area contributed by atoms with Gasteiger partial charge in [0.15, 0.2) is 0 Å². The van der Waals surface area contributed by atoms with E-state index in [0.717, 1.165) is 33.6 Å². The first-order chi connectivity index (χ1) is 54.0. The summed E-state index contributed by atoms with van der Waals surface area (Å²) in [6.07, 6.45) is 0.949. The van der Waals surface area contributed by atoms with Gasteiger partial charge in [-0.25, -0.2) is 0 Å². The van der Waals surface area contributed by atoms with Gasteiger partial charge in [0.2, 0.25) is 0 Å². The van der Waals surface area contributed by atoms with Crippen LogP contribution in [0.15, 0.2) is 441 Å². The molecule has 20 aromatic rings. The summed E-state index contributed by atoms with van der Waals surface area (Å²) in [6.45, 7) is 0. The molecular formula is C105H74BrN3. The molecule has 18 aromatic carbocycles. The third-order valence-electron chi connectivity index (χ3n) is 21.0. The molecule has 109 heavy (non-hydrogen) atoms. The van der Waals surface area contributed by atoms with Gasteiger partial charge < -0.3 is 14.0 Å². The normalized spacial score (nSPS) is 11.2. The Kier molecular flexibility index (Phi) is 18.8. The van der Waals surface area contributed by atoms with Crippen LogP contribution in [0.25, 0.3) is 143 Å². The highest BCUT2D eigenvalue weighted by atomic mass is 79.9. The highest BCUT2D eigenvalue weighted by Crippen LogP contribution is 2.41. The maximum Gasteiger partial charge on any atom is 0.0541 e. The standard InChI is InChI=1S/C52H36N2.C29H22.C24H16BrN/c1-2-11-37(12-3-1)38-21-29-43(30-22-38)53(45-35-27-42(28-36-45)48-18-10-14-41-13-4-5-15-47(41)48)44-31-23-39(24-32-44)40-25-33-46(34-26-40)54-51-19-8-6-16-49(51)50-17-7-9-20-52(50)54;1-2-7-24(8-3-1)25-17-13-22(14-18-25)21-23-15-19-27(20-16-23)29-12-6-10-26-9-4-5-11-28(26)29;25-19-13-9-17(10-14-19)18-11-15-20(16-12-18)26-23-7-3-1-5-21(23)22-6-2-4-8-24(22)26/h1-36H;1-20H,21H2;1-16H. The Bertz CT molecular complexity index is 6430. The van der Waals surface area contributed by atoms with Crippen molar-refractivity contribution >= 4 is 98.1 Å². The molecule has 0 aliphatic carbocycles. The van der Waals surface area contributed by atoms with Crippen LogP contribution in [0, 0.1) is 0 Å². The van der Waals surface area contributed by atoms with Gasteiger partial charge in [-0.2, -0.15) is 0 Å². The lowest BCUT2D eigenvalue weighted by molar-refractivity contribution is 1.18. The minimum atomic E-state index is 0.949. The zero-order chi connectivity index (χ0) is 72.8. The fourth-order valence-corrected chi connectivity index (χ4v) is 15.8. The Hall–Kier alpha value is -13.6. The smallest absolute Gasteiger partial charge is 0.0541 e. The maximum absolute atomic E-state index is 3.50. The third kappa shape index (κ3) is 13.9. The van der Waals surface area contributed by atoms with Crippen molar-refractivity contribution < 1.29 is 0 Å². The summed E-state index contributed by atoms with van der Waals surface area (Å²) in [5.41, 5.74) is 28.0. The second kappa shape index (κ2) is 30.4. The van der Waals surface area contributed by atoms with Crippen molar-refractivity contribution in [3.8, 4) is 78.1 Å². The first-order valence-corrected chi connectivity index (χ1v) is 38.0. The monoisotopic (exact) mass is 1460 g/mol. The van der Waals surface area contributed by atoms with E-state index >= 15 is 0 Å². The van der Waals surface area contributed by atoms with E-state index in [2.05, 4.69) is 467 Å². The van der Waals surface area contributed by atoms with E-state index in [4.69, 9.17) is 0 Å². The fraction of sp³-hybridized carbons (Fsp3) is 0.00952. The van der Waals surface area contributed by atoms with E-state index in [1.165, 1.54) is 149 Å². The molecule has 0 atom stereocenters. The maximum atomic E-state index is 3.50. The Balaban J connectivity index is 0.000000127. The summed E-state index contributed by atoms with van der Waals surface area (Å²) in [5.74, 6) is 0. The summed E-state index contributed by atoms with van der Waals surface area (Å²) in [6, 6.07) is 157. The van der Waals surface area contributed by atoms with Gasteiger partial charge in [0, 0.05) is 54.5 Å². The third-order valence-corrected chi connectivity index (χ3v) is 21.6. The number of para-hydroxylation sites is 4. The van der Waals surface area contributed by atoms with Crippen molar-refractivity contribution in [2.75, 3.05) is 4.90 Å². The van der Waals surface area contributed by atoms with Gasteiger partial charge in [-0.15, -0.1) is 0 Å². The van der Waals surface area contributed by atoms with E-state index < -0.39 is 0 Å². The highest BCUT2D eigenvalue weighted by Gasteiger charge is 2.18. The van der Waals surface area contributed by atoms with Crippen LogP contribution in [0.3, 0.4) is 0 Å². The SMILES string of the molecule is Brc1ccc(-c2ccc(-n3c4ccccc4c4ccccc43)cc2)cc1.c1ccc(-c2ccc(Cc3ccc(-c4cccc5ccccc45)cc3)cc2)cc1.c1ccc(-c2ccc(N(c3ccc(-c4ccc(-n5c6ccccc6c6ccccc65)cc4)cc3)c3ccc(-c4cccc5ccccc45)cc3)cc2)cc1. The molecule has 0 saturated carbocycles. The number of anilines is 3. The number of halogens is 1. The van der Waals surface area contributed by atoms with Gasteiger partial charge in [0.25, 0.3) is 0 Å². The molecule has 20 rings (SSSR count). The highest BCUT2D eigenvalue weighted by molar-refractivity contribution is 9.10. The first kappa shape index (κ1) is 67.3. The quantitative estimate of drug-likeness (QED) is 0.112. The van der Waals surface area contributed by atoms with Crippen molar-refractivity contribution in [2.45, 2.75) is 6.42 Å². The van der Waals surface area contributed by atoms with Crippen LogP contribution in [0.1, 0.15) is 11.1 Å². The lowest BCUT2D eigenvalue weighted by Crippen LogP contribution is -2.09. The number of fused-ring (bicyclic) bond motifs is 8. The lowest BCUT2D eigenvalue weighted by atomic mass is 9.96. The zero-order valence-electron chi connectivity index (χ0n) is 60.0. The summed E-state index contributed by atoms with van der Waals surface area (Å²) in [4.78, 5) is 2.34. The Morgan fingerprint density at radius 3 is 0.789 bits per heavy atom. The summed E-state index contributed by atoms with van der Waals surface area (Å²) < 4.78 is 5.81. The summed E-state index contributed by atoms with van der Waals surface area (Å²) >= 11 is 3.50. The molecule has 0 aliphatic rings. The van der Waals surface area contributed by atoms with Gasteiger partial charge in [-0.05, 0) is 203 Å². The van der Waals surface area contributed by atoms with Crippen molar-refractivity contribution in [2.24, 2.45) is 0 Å².